The van der Waals surface area contributed by atoms with Crippen LogP contribution < -0.4 is 10.5 Å². The Bertz CT molecular complexity index is 747. The van der Waals surface area contributed by atoms with Gasteiger partial charge in [-0.2, -0.15) is 0 Å². The van der Waals surface area contributed by atoms with E-state index in [2.05, 4.69) is 30.3 Å². The molecule has 0 saturated carbocycles. The number of fused-ring (bicyclic) bond motifs is 1. The van der Waals surface area contributed by atoms with E-state index in [1.54, 1.807) is 0 Å². The molecule has 0 spiro atoms. The lowest BCUT2D eigenvalue weighted by Crippen LogP contribution is -2.55. The summed E-state index contributed by atoms with van der Waals surface area (Å²) in [4.78, 5) is 13.8. The van der Waals surface area contributed by atoms with Crippen LogP contribution in [0.1, 0.15) is 36.3 Å². The number of piperidine rings is 1. The molecule has 4 heteroatoms. The lowest BCUT2D eigenvalue weighted by molar-refractivity contribution is 0.0455. The van der Waals surface area contributed by atoms with Gasteiger partial charge in [0.05, 0.1) is 6.04 Å². The summed E-state index contributed by atoms with van der Waals surface area (Å²) in [6.07, 6.45) is 3.77. The molecule has 25 heavy (non-hydrogen) atoms. The van der Waals surface area contributed by atoms with E-state index in [9.17, 15) is 4.79 Å². The van der Waals surface area contributed by atoms with Crippen molar-refractivity contribution in [3.8, 4) is 5.75 Å². The molecule has 2 aromatic carbocycles. The third-order valence-electron chi connectivity index (χ3n) is 5.58. The molecular weight excluding hydrogens is 312 g/mol. The van der Waals surface area contributed by atoms with Crippen molar-refractivity contribution in [1.29, 1.82) is 0 Å². The molecule has 2 heterocycles. The summed E-state index contributed by atoms with van der Waals surface area (Å²) in [7, 11) is 0. The zero-order valence-corrected chi connectivity index (χ0v) is 14.3. The van der Waals surface area contributed by atoms with Crippen molar-refractivity contribution < 1.29 is 9.53 Å². The van der Waals surface area contributed by atoms with Crippen molar-refractivity contribution in [2.45, 2.75) is 43.7 Å². The zero-order valence-electron chi connectivity index (χ0n) is 14.3. The number of ether oxygens (including phenoxy) is 1. The number of primary amides is 1. The molecule has 4 rings (SSSR count). The van der Waals surface area contributed by atoms with Gasteiger partial charge in [-0.05, 0) is 48.8 Å². The van der Waals surface area contributed by atoms with Crippen molar-refractivity contribution in [2.24, 2.45) is 5.73 Å². The van der Waals surface area contributed by atoms with E-state index in [4.69, 9.17) is 10.5 Å². The molecule has 0 aromatic heterocycles. The standard InChI is InChI=1S/C21H24N2O2/c22-21(24)23-13-12-17(15-6-2-1-3-7-15)14-18(23)20-11-10-16-8-4-5-9-19(16)25-20/h1-9,17-18,20H,10-14H2,(H2,22,24). The number of hydrogen-bond acceptors (Lipinski definition) is 2. The molecule has 0 radical (unpaired) electrons. The maximum atomic E-state index is 12.0. The third-order valence-corrected chi connectivity index (χ3v) is 5.58. The quantitative estimate of drug-likeness (QED) is 0.909. The van der Waals surface area contributed by atoms with Gasteiger partial charge in [-0.3, -0.25) is 0 Å². The number of carbonyl (C=O) groups is 1. The number of hydrogen-bond donors (Lipinski definition) is 1. The van der Waals surface area contributed by atoms with Gasteiger partial charge in [0.1, 0.15) is 11.9 Å². The molecule has 0 aliphatic carbocycles. The van der Waals surface area contributed by atoms with Crippen molar-refractivity contribution in [2.75, 3.05) is 6.54 Å². The van der Waals surface area contributed by atoms with Crippen LogP contribution in [0.25, 0.3) is 0 Å². The minimum atomic E-state index is -0.334. The number of benzene rings is 2. The van der Waals surface area contributed by atoms with Crippen molar-refractivity contribution in [3.63, 3.8) is 0 Å². The highest BCUT2D eigenvalue weighted by Gasteiger charge is 2.38. The highest BCUT2D eigenvalue weighted by Crippen LogP contribution is 2.37. The molecule has 2 N–H and O–H groups in total. The lowest BCUT2D eigenvalue weighted by Gasteiger charge is -2.43. The second-order valence-electron chi connectivity index (χ2n) is 7.03. The summed E-state index contributed by atoms with van der Waals surface area (Å²) in [5.41, 5.74) is 8.26. The summed E-state index contributed by atoms with van der Waals surface area (Å²) in [6.45, 7) is 0.696. The Morgan fingerprint density at radius 3 is 2.60 bits per heavy atom. The van der Waals surface area contributed by atoms with Crippen LogP contribution in [0.5, 0.6) is 5.75 Å². The largest absolute Gasteiger partial charge is 0.488 e. The Labute approximate surface area is 148 Å². The normalized spacial score (nSPS) is 25.8. The van der Waals surface area contributed by atoms with E-state index in [-0.39, 0.29) is 18.2 Å². The van der Waals surface area contributed by atoms with Gasteiger partial charge >= 0.3 is 6.03 Å². The number of nitrogens with two attached hydrogens (primary N) is 1. The second-order valence-corrected chi connectivity index (χ2v) is 7.03. The monoisotopic (exact) mass is 336 g/mol. The first-order chi connectivity index (χ1) is 12.2. The molecule has 130 valence electrons. The first-order valence-electron chi connectivity index (χ1n) is 9.08. The third kappa shape index (κ3) is 3.21. The van der Waals surface area contributed by atoms with Gasteiger partial charge in [0.2, 0.25) is 0 Å². The van der Waals surface area contributed by atoms with Crippen LogP contribution in [0, 0.1) is 0 Å². The molecule has 2 aliphatic rings. The Morgan fingerprint density at radius 1 is 1.04 bits per heavy atom. The maximum absolute atomic E-state index is 12.0. The van der Waals surface area contributed by atoms with Gasteiger partial charge in [0, 0.05) is 6.54 Å². The fraction of sp³-hybridized carbons (Fsp3) is 0.381. The van der Waals surface area contributed by atoms with Gasteiger partial charge in [-0.25, -0.2) is 4.79 Å². The summed E-state index contributed by atoms with van der Waals surface area (Å²) < 4.78 is 6.29. The van der Waals surface area contributed by atoms with Crippen LogP contribution in [0.4, 0.5) is 4.79 Å². The van der Waals surface area contributed by atoms with E-state index < -0.39 is 0 Å². The fourth-order valence-electron chi connectivity index (χ4n) is 4.27. The zero-order chi connectivity index (χ0) is 17.2. The SMILES string of the molecule is NC(=O)N1CCC(c2ccccc2)CC1C1CCc2ccccc2O1. The minimum absolute atomic E-state index is 0.00825. The number of likely N-dealkylation sites (tertiary alicyclic amines) is 1. The Balaban J connectivity index is 1.57. The molecule has 3 unspecified atom stereocenters. The molecular formula is C21H24N2O2. The van der Waals surface area contributed by atoms with Crippen LogP contribution in [0.3, 0.4) is 0 Å². The minimum Gasteiger partial charge on any atom is -0.488 e. The average molecular weight is 336 g/mol. The summed E-state index contributed by atoms with van der Waals surface area (Å²) in [5.74, 6) is 1.40. The molecule has 2 amide bonds. The number of urea groups is 1. The van der Waals surface area contributed by atoms with Crippen LogP contribution in [-0.2, 0) is 6.42 Å². The van der Waals surface area contributed by atoms with Crippen molar-refractivity contribution >= 4 is 6.03 Å². The number of amides is 2. The second kappa shape index (κ2) is 6.79. The molecule has 2 aromatic rings. The van der Waals surface area contributed by atoms with Gasteiger partial charge in [-0.1, -0.05) is 48.5 Å². The molecule has 4 nitrogen and oxygen atoms in total. The smallest absolute Gasteiger partial charge is 0.315 e. The van der Waals surface area contributed by atoms with Crippen molar-refractivity contribution in [1.82, 2.24) is 4.90 Å². The van der Waals surface area contributed by atoms with E-state index in [0.717, 1.165) is 31.4 Å². The highest BCUT2D eigenvalue weighted by molar-refractivity contribution is 5.72. The van der Waals surface area contributed by atoms with E-state index in [1.807, 2.05) is 29.2 Å². The Kier molecular flexibility index (Phi) is 4.35. The van der Waals surface area contributed by atoms with Gasteiger partial charge in [0.25, 0.3) is 0 Å². The number of para-hydroxylation sites is 1. The predicted molar refractivity (Wildman–Crippen MR) is 97.7 cm³/mol. The van der Waals surface area contributed by atoms with Crippen LogP contribution >= 0.6 is 0 Å². The van der Waals surface area contributed by atoms with E-state index in [0.29, 0.717) is 12.5 Å². The number of rotatable bonds is 2. The summed E-state index contributed by atoms with van der Waals surface area (Å²) in [6, 6.07) is 18.4. The van der Waals surface area contributed by atoms with Crippen LogP contribution in [0.2, 0.25) is 0 Å². The predicted octanol–water partition coefficient (Wildman–Crippen LogP) is 3.71. The maximum Gasteiger partial charge on any atom is 0.315 e. The molecule has 3 atom stereocenters. The Morgan fingerprint density at radius 2 is 1.80 bits per heavy atom. The first kappa shape index (κ1) is 16.0. The molecule has 0 bridgehead atoms. The van der Waals surface area contributed by atoms with Crippen molar-refractivity contribution in [3.05, 3.63) is 65.7 Å². The van der Waals surface area contributed by atoms with Gasteiger partial charge in [-0.15, -0.1) is 0 Å². The first-order valence-corrected chi connectivity index (χ1v) is 9.08. The molecule has 2 aliphatic heterocycles. The van der Waals surface area contributed by atoms with E-state index >= 15 is 0 Å². The average Bonchev–Trinajstić information content (AvgIpc) is 2.67. The fourth-order valence-corrected chi connectivity index (χ4v) is 4.27. The van der Waals surface area contributed by atoms with Crippen LogP contribution in [-0.4, -0.2) is 29.6 Å². The molecule has 1 fully saturated rings. The summed E-state index contributed by atoms with van der Waals surface area (Å²) >= 11 is 0. The van der Waals surface area contributed by atoms with Gasteiger partial charge in [0.15, 0.2) is 0 Å². The van der Waals surface area contributed by atoms with Crippen LogP contribution in [0.15, 0.2) is 54.6 Å². The van der Waals surface area contributed by atoms with E-state index in [1.165, 1.54) is 11.1 Å². The Hall–Kier alpha value is -2.49. The topological polar surface area (TPSA) is 55.6 Å². The number of aryl methyl sites for hydroxylation is 1. The number of carbonyl (C=O) groups excluding carboxylic acids is 1. The number of nitrogens with zero attached hydrogens (tertiary/aromatic N) is 1. The lowest BCUT2D eigenvalue weighted by atomic mass is 9.82. The summed E-state index contributed by atoms with van der Waals surface area (Å²) in [5, 5.41) is 0. The molecule has 1 saturated heterocycles. The highest BCUT2D eigenvalue weighted by atomic mass is 16.5. The van der Waals surface area contributed by atoms with Gasteiger partial charge < -0.3 is 15.4 Å².